The van der Waals surface area contributed by atoms with Crippen molar-refractivity contribution < 1.29 is 17.9 Å². The molecule has 2 aromatic rings. The van der Waals surface area contributed by atoms with Crippen LogP contribution in [0.4, 0.5) is 11.4 Å². The van der Waals surface area contributed by atoms with Crippen LogP contribution in [0.15, 0.2) is 58.4 Å². The average molecular weight is 625 g/mol. The maximum absolute atomic E-state index is 13.3. The molecule has 2 aromatic carbocycles. The van der Waals surface area contributed by atoms with E-state index in [9.17, 15) is 13.2 Å². The lowest BCUT2D eigenvalue weighted by Crippen LogP contribution is -2.49. The van der Waals surface area contributed by atoms with Crippen LogP contribution in [0.3, 0.4) is 0 Å². The summed E-state index contributed by atoms with van der Waals surface area (Å²) < 4.78 is 34.4. The van der Waals surface area contributed by atoms with Crippen LogP contribution >= 0.6 is 27.5 Å². The highest BCUT2D eigenvalue weighted by Crippen LogP contribution is 2.45. The fraction of sp³-hybridized carbons (Fsp3) is 0.385. The van der Waals surface area contributed by atoms with Gasteiger partial charge in [-0.2, -0.15) is 4.31 Å². The Morgan fingerprint density at radius 2 is 1.92 bits per heavy atom. The zero-order valence-electron chi connectivity index (χ0n) is 21.0. The highest BCUT2D eigenvalue weighted by atomic mass is 79.9. The number of halogens is 2. The molecule has 12 heteroatoms. The van der Waals surface area contributed by atoms with Gasteiger partial charge in [-0.25, -0.2) is 8.42 Å². The normalized spacial score (nSPS) is 17.9. The maximum Gasteiger partial charge on any atom is 0.293 e. The minimum atomic E-state index is -3.58. The molecule has 2 fully saturated rings. The molecule has 1 saturated heterocycles. The second-order valence-electron chi connectivity index (χ2n) is 9.92. The van der Waals surface area contributed by atoms with Crippen LogP contribution in [0, 0.1) is 10.8 Å². The summed E-state index contributed by atoms with van der Waals surface area (Å²) in [4.78, 5) is 15.1. The lowest BCUT2D eigenvalue weighted by molar-refractivity contribution is -0.116. The number of nitrogens with zero attached hydrogens (tertiary/aromatic N) is 2. The summed E-state index contributed by atoms with van der Waals surface area (Å²) in [6.07, 6.45) is 3.12. The van der Waals surface area contributed by atoms with Crippen LogP contribution in [0.5, 0.6) is 0 Å². The van der Waals surface area contributed by atoms with Gasteiger partial charge in [0.15, 0.2) is 0 Å². The number of hydrogen-bond acceptors (Lipinski definition) is 7. The topological polar surface area (TPSA) is 129 Å². The lowest BCUT2D eigenvalue weighted by Gasteiger charge is -2.36. The third kappa shape index (κ3) is 7.07. The van der Waals surface area contributed by atoms with E-state index in [1.165, 1.54) is 4.31 Å². The molecule has 4 rings (SSSR count). The van der Waals surface area contributed by atoms with Gasteiger partial charge < -0.3 is 26.1 Å². The fourth-order valence-electron chi connectivity index (χ4n) is 4.11. The number of nitrogen functional groups attached to an aromatic ring is 1. The van der Waals surface area contributed by atoms with Gasteiger partial charge in [-0.1, -0.05) is 30.7 Å². The van der Waals surface area contributed by atoms with Crippen molar-refractivity contribution >= 4 is 61.1 Å². The molecule has 1 heterocycles. The number of hydrogen-bond donors (Lipinski definition) is 3. The number of allylic oxidation sites excluding steroid dienone is 1. The van der Waals surface area contributed by atoms with E-state index in [1.807, 2.05) is 4.90 Å². The van der Waals surface area contributed by atoms with E-state index in [0.717, 1.165) is 19.1 Å². The van der Waals surface area contributed by atoms with E-state index < -0.39 is 15.9 Å². The molecular formula is C26H31BrClN5O4S. The van der Waals surface area contributed by atoms with Gasteiger partial charge in [-0.05, 0) is 64.7 Å². The number of benzene rings is 2. The molecule has 2 aliphatic rings. The third-order valence-corrected chi connectivity index (χ3v) is 9.52. The highest BCUT2D eigenvalue weighted by molar-refractivity contribution is 9.10. The standard InChI is InChI=1S/C26H31BrClN5O4S/c1-26(7-8-26)17-37-24(25(34)31-20-4-2-3-19(28)14-20)23(15-29)32-9-11-33(12-10-32)38(35,36)16-18-5-6-21(27)22(30)13-18/h2-6,13-15,29H,7-12,16-17,30H2,1H3,(H,31,34)/b24-23-,29-15?. The number of nitrogens with one attached hydrogen (secondary N) is 2. The second-order valence-corrected chi connectivity index (χ2v) is 13.2. The van der Waals surface area contributed by atoms with E-state index in [-0.39, 0.29) is 30.0 Å². The summed E-state index contributed by atoms with van der Waals surface area (Å²) in [6.45, 7) is 3.49. The Labute approximate surface area is 236 Å². The van der Waals surface area contributed by atoms with Crippen molar-refractivity contribution in [2.75, 3.05) is 43.8 Å². The number of carbonyl (C=O) groups is 1. The van der Waals surface area contributed by atoms with Gasteiger partial charge in [-0.3, -0.25) is 4.79 Å². The average Bonchev–Trinajstić information content (AvgIpc) is 3.61. The molecule has 0 radical (unpaired) electrons. The van der Waals surface area contributed by atoms with E-state index in [1.54, 1.807) is 42.5 Å². The predicted octanol–water partition coefficient (Wildman–Crippen LogP) is 4.45. The van der Waals surface area contributed by atoms with Gasteiger partial charge in [0.25, 0.3) is 5.91 Å². The number of piperazine rings is 1. The summed E-state index contributed by atoms with van der Waals surface area (Å²) in [6, 6.07) is 11.9. The van der Waals surface area contributed by atoms with E-state index >= 15 is 0 Å². The second kappa shape index (κ2) is 11.6. The van der Waals surface area contributed by atoms with E-state index in [2.05, 4.69) is 28.2 Å². The molecule has 4 N–H and O–H groups in total. The Morgan fingerprint density at radius 3 is 2.53 bits per heavy atom. The first-order valence-electron chi connectivity index (χ1n) is 12.2. The van der Waals surface area contributed by atoms with Crippen LogP contribution in [-0.2, 0) is 25.3 Å². The molecule has 1 amide bonds. The number of nitrogens with two attached hydrogens (primary N) is 1. The van der Waals surface area contributed by atoms with Crippen LogP contribution < -0.4 is 11.1 Å². The Bertz CT molecular complexity index is 1360. The first-order valence-corrected chi connectivity index (χ1v) is 15.0. The van der Waals surface area contributed by atoms with Gasteiger partial charge >= 0.3 is 0 Å². The van der Waals surface area contributed by atoms with Crippen molar-refractivity contribution in [1.29, 1.82) is 5.41 Å². The predicted molar refractivity (Wildman–Crippen MR) is 154 cm³/mol. The highest BCUT2D eigenvalue weighted by Gasteiger charge is 2.39. The van der Waals surface area contributed by atoms with Crippen molar-refractivity contribution in [3.63, 3.8) is 0 Å². The molecule has 9 nitrogen and oxygen atoms in total. The van der Waals surface area contributed by atoms with E-state index in [4.69, 9.17) is 27.5 Å². The molecule has 1 aliphatic heterocycles. The third-order valence-electron chi connectivity index (χ3n) is 6.71. The molecule has 0 aromatic heterocycles. The van der Waals surface area contributed by atoms with Crippen molar-refractivity contribution in [3.8, 4) is 0 Å². The Balaban J connectivity index is 1.49. The summed E-state index contributed by atoms with van der Waals surface area (Å²) in [5.41, 5.74) is 7.83. The summed E-state index contributed by atoms with van der Waals surface area (Å²) in [5.74, 6) is -0.611. The van der Waals surface area contributed by atoms with Crippen molar-refractivity contribution in [2.45, 2.75) is 25.5 Å². The molecule has 0 spiro atoms. The molecule has 1 aliphatic carbocycles. The van der Waals surface area contributed by atoms with Crippen molar-refractivity contribution in [3.05, 3.63) is 69.0 Å². The molecular weight excluding hydrogens is 594 g/mol. The van der Waals surface area contributed by atoms with E-state index in [0.29, 0.717) is 51.8 Å². The van der Waals surface area contributed by atoms with Gasteiger partial charge in [0.1, 0.15) is 5.70 Å². The zero-order chi connectivity index (χ0) is 27.5. The van der Waals surface area contributed by atoms with Crippen molar-refractivity contribution in [2.24, 2.45) is 5.41 Å². The lowest BCUT2D eigenvalue weighted by atomic mass is 10.2. The summed E-state index contributed by atoms with van der Waals surface area (Å²) in [5, 5.41) is 11.4. The Morgan fingerprint density at radius 1 is 1.21 bits per heavy atom. The number of ether oxygens (including phenoxy) is 1. The van der Waals surface area contributed by atoms with Gasteiger partial charge in [-0.15, -0.1) is 0 Å². The largest absolute Gasteiger partial charge is 0.486 e. The molecule has 1 saturated carbocycles. The number of carbonyl (C=O) groups excluding carboxylic acids is 1. The maximum atomic E-state index is 13.3. The van der Waals surface area contributed by atoms with Crippen LogP contribution in [0.2, 0.25) is 5.02 Å². The van der Waals surface area contributed by atoms with Crippen LogP contribution in [-0.4, -0.2) is 62.5 Å². The zero-order valence-corrected chi connectivity index (χ0v) is 24.2. The Kier molecular flexibility index (Phi) is 8.71. The molecule has 204 valence electrons. The first-order chi connectivity index (χ1) is 18.0. The van der Waals surface area contributed by atoms with Crippen LogP contribution in [0.25, 0.3) is 0 Å². The fourth-order valence-corrected chi connectivity index (χ4v) is 6.05. The number of rotatable bonds is 10. The minimum absolute atomic E-state index is 0.0118. The summed E-state index contributed by atoms with van der Waals surface area (Å²) in [7, 11) is -3.58. The minimum Gasteiger partial charge on any atom is -0.486 e. The monoisotopic (exact) mass is 623 g/mol. The Hall–Kier alpha value is -2.60. The van der Waals surface area contributed by atoms with Gasteiger partial charge in [0.2, 0.25) is 15.8 Å². The SMILES string of the molecule is CC1(CO/C(C(=O)Nc2cccc(Cl)c2)=C(/C=N)N2CCN(S(=O)(=O)Cc3ccc(Br)c(N)c3)CC2)CC1. The molecule has 0 unspecified atom stereocenters. The molecule has 0 atom stereocenters. The molecule has 38 heavy (non-hydrogen) atoms. The van der Waals surface area contributed by atoms with Gasteiger partial charge in [0.05, 0.1) is 12.4 Å². The van der Waals surface area contributed by atoms with Gasteiger partial charge in [0, 0.05) is 58.7 Å². The summed E-state index contributed by atoms with van der Waals surface area (Å²) >= 11 is 9.39. The molecule has 0 bridgehead atoms. The number of anilines is 2. The first kappa shape index (κ1) is 28.4. The van der Waals surface area contributed by atoms with Crippen LogP contribution in [0.1, 0.15) is 25.3 Å². The quantitative estimate of drug-likeness (QED) is 0.155. The number of amides is 1. The smallest absolute Gasteiger partial charge is 0.293 e. The number of sulfonamides is 1. The van der Waals surface area contributed by atoms with Crippen molar-refractivity contribution in [1.82, 2.24) is 9.21 Å².